The smallest absolute Gasteiger partial charge is 0.290 e. The highest BCUT2D eigenvalue weighted by Crippen LogP contribution is 2.39. The molecule has 1 aliphatic rings. The Hall–Kier alpha value is -2.44. The van der Waals surface area contributed by atoms with E-state index in [1.807, 2.05) is 36.6 Å². The number of benzene rings is 1. The Balaban J connectivity index is 1.99. The zero-order valence-electron chi connectivity index (χ0n) is 16.6. The Morgan fingerprint density at radius 2 is 1.86 bits per heavy atom. The number of hydrogen-bond acceptors (Lipinski definition) is 4. The molecule has 2 N–H and O–H groups in total. The summed E-state index contributed by atoms with van der Waals surface area (Å²) in [5, 5.41) is 12.5. The van der Waals surface area contributed by atoms with Crippen molar-refractivity contribution in [2.45, 2.75) is 26.8 Å². The molecule has 0 radical (unpaired) electrons. The van der Waals surface area contributed by atoms with Crippen molar-refractivity contribution < 1.29 is 19.6 Å². The number of ketones is 1. The number of carbonyl (C=O) groups is 2. The molecule has 0 saturated carbocycles. The molecule has 1 aromatic carbocycles. The molecule has 2 heterocycles. The zero-order chi connectivity index (χ0) is 20.3. The number of aliphatic hydroxyl groups excluding tert-OH is 1. The summed E-state index contributed by atoms with van der Waals surface area (Å²) in [6.07, 6.45) is 0. The van der Waals surface area contributed by atoms with Crippen molar-refractivity contribution in [2.75, 3.05) is 26.2 Å². The molecular formula is C22H27N2O3S+. The van der Waals surface area contributed by atoms with Crippen LogP contribution in [-0.4, -0.2) is 47.9 Å². The van der Waals surface area contributed by atoms with Crippen LogP contribution in [0.1, 0.15) is 40.7 Å². The van der Waals surface area contributed by atoms with E-state index in [-0.39, 0.29) is 11.4 Å². The number of aryl methyl sites for hydroxylation is 1. The summed E-state index contributed by atoms with van der Waals surface area (Å²) in [5.74, 6) is -1.15. The Morgan fingerprint density at radius 3 is 2.43 bits per heavy atom. The number of aliphatic hydroxyl groups is 1. The number of carbonyl (C=O) groups excluding carboxylic acids is 2. The summed E-state index contributed by atoms with van der Waals surface area (Å²) < 4.78 is 0. The van der Waals surface area contributed by atoms with Crippen LogP contribution < -0.4 is 4.90 Å². The van der Waals surface area contributed by atoms with Crippen molar-refractivity contribution in [1.82, 2.24) is 4.90 Å². The van der Waals surface area contributed by atoms with Crippen molar-refractivity contribution in [3.05, 3.63) is 69.1 Å². The van der Waals surface area contributed by atoms with E-state index in [2.05, 4.69) is 13.8 Å². The van der Waals surface area contributed by atoms with Gasteiger partial charge in [-0.05, 0) is 37.8 Å². The topological polar surface area (TPSA) is 62.1 Å². The van der Waals surface area contributed by atoms with E-state index in [9.17, 15) is 14.7 Å². The van der Waals surface area contributed by atoms with Crippen LogP contribution in [0.2, 0.25) is 0 Å². The molecule has 0 aliphatic carbocycles. The van der Waals surface area contributed by atoms with E-state index in [0.717, 1.165) is 30.8 Å². The lowest BCUT2D eigenvalue weighted by molar-refractivity contribution is -0.895. The van der Waals surface area contributed by atoms with Crippen LogP contribution in [0.3, 0.4) is 0 Å². The molecule has 3 rings (SSSR count). The van der Waals surface area contributed by atoms with Crippen LogP contribution in [0.25, 0.3) is 0 Å². The lowest BCUT2D eigenvalue weighted by atomic mass is 9.95. The first-order valence-corrected chi connectivity index (χ1v) is 10.6. The van der Waals surface area contributed by atoms with E-state index in [4.69, 9.17) is 0 Å². The number of hydrogen-bond donors (Lipinski definition) is 2. The zero-order valence-corrected chi connectivity index (χ0v) is 17.4. The largest absolute Gasteiger partial charge is 0.503 e. The fraction of sp³-hybridized carbons (Fsp3) is 0.364. The second-order valence-electron chi connectivity index (χ2n) is 7.09. The van der Waals surface area contributed by atoms with Gasteiger partial charge in [-0.1, -0.05) is 35.9 Å². The van der Waals surface area contributed by atoms with Gasteiger partial charge in [0.15, 0.2) is 5.76 Å². The number of nitrogens with zero attached hydrogens (tertiary/aromatic N) is 1. The number of quaternary nitrogens is 1. The van der Waals surface area contributed by atoms with Crippen LogP contribution >= 0.6 is 11.3 Å². The van der Waals surface area contributed by atoms with E-state index in [1.165, 1.54) is 16.2 Å². The lowest BCUT2D eigenvalue weighted by Crippen LogP contribution is -3.12. The first-order chi connectivity index (χ1) is 13.5. The summed E-state index contributed by atoms with van der Waals surface area (Å²) in [6.45, 7) is 9.42. The van der Waals surface area contributed by atoms with Gasteiger partial charge >= 0.3 is 0 Å². The van der Waals surface area contributed by atoms with Crippen molar-refractivity contribution in [3.8, 4) is 0 Å². The average Bonchev–Trinajstić information content (AvgIpc) is 3.32. The molecule has 0 unspecified atom stereocenters. The third-order valence-corrected chi connectivity index (χ3v) is 6.26. The molecule has 1 atom stereocenters. The maximum atomic E-state index is 13.1. The van der Waals surface area contributed by atoms with Crippen LogP contribution in [0.5, 0.6) is 0 Å². The highest BCUT2D eigenvalue weighted by molar-refractivity contribution is 7.12. The van der Waals surface area contributed by atoms with Gasteiger partial charge in [-0.15, -0.1) is 11.3 Å². The Morgan fingerprint density at radius 1 is 1.18 bits per heavy atom. The van der Waals surface area contributed by atoms with Crippen molar-refractivity contribution in [2.24, 2.45) is 0 Å². The quantitative estimate of drug-likeness (QED) is 0.671. The second kappa shape index (κ2) is 8.71. The summed E-state index contributed by atoms with van der Waals surface area (Å²) >= 11 is 1.32. The minimum atomic E-state index is -0.558. The maximum Gasteiger partial charge on any atom is 0.290 e. The molecular weight excluding hydrogens is 372 g/mol. The Labute approximate surface area is 169 Å². The molecule has 0 spiro atoms. The molecule has 6 heteroatoms. The normalized spacial score (nSPS) is 17.1. The van der Waals surface area contributed by atoms with Crippen LogP contribution in [-0.2, 0) is 4.79 Å². The van der Waals surface area contributed by atoms with Gasteiger partial charge in [0, 0.05) is 0 Å². The van der Waals surface area contributed by atoms with Crippen molar-refractivity contribution >= 4 is 23.0 Å². The minimum absolute atomic E-state index is 0.186. The van der Waals surface area contributed by atoms with Gasteiger partial charge < -0.3 is 14.9 Å². The molecule has 1 amide bonds. The fourth-order valence-corrected chi connectivity index (χ4v) is 4.31. The number of rotatable bonds is 8. The van der Waals surface area contributed by atoms with E-state index < -0.39 is 17.7 Å². The summed E-state index contributed by atoms with van der Waals surface area (Å²) in [6, 6.07) is 10.8. The van der Waals surface area contributed by atoms with Crippen LogP contribution in [0.15, 0.2) is 53.1 Å². The van der Waals surface area contributed by atoms with E-state index >= 15 is 0 Å². The summed E-state index contributed by atoms with van der Waals surface area (Å²) in [4.78, 5) is 29.6. The SMILES string of the molecule is CC[NH+](CC)CCN1C(=O)C(O)=C(C(=O)c2cccs2)[C@@H]1c1ccc(C)cc1. The van der Waals surface area contributed by atoms with Crippen molar-refractivity contribution in [3.63, 3.8) is 0 Å². The average molecular weight is 400 g/mol. The lowest BCUT2D eigenvalue weighted by Gasteiger charge is -2.28. The van der Waals surface area contributed by atoms with Crippen molar-refractivity contribution in [1.29, 1.82) is 0 Å². The third-order valence-electron chi connectivity index (χ3n) is 5.39. The summed E-state index contributed by atoms with van der Waals surface area (Å²) in [5.41, 5.74) is 2.13. The number of Topliss-reactive ketones (excluding diaryl/α,β-unsaturated/α-hetero) is 1. The van der Waals surface area contributed by atoms with Crippen LogP contribution in [0.4, 0.5) is 0 Å². The van der Waals surface area contributed by atoms with Gasteiger partial charge in [-0.25, -0.2) is 0 Å². The highest BCUT2D eigenvalue weighted by atomic mass is 32.1. The number of amides is 1. The predicted molar refractivity (Wildman–Crippen MR) is 111 cm³/mol. The third kappa shape index (κ3) is 3.88. The monoisotopic (exact) mass is 399 g/mol. The van der Waals surface area contributed by atoms with Gasteiger partial charge in [0.05, 0.1) is 42.7 Å². The second-order valence-corrected chi connectivity index (χ2v) is 8.04. The Bertz CT molecular complexity index is 868. The fourth-order valence-electron chi connectivity index (χ4n) is 3.63. The molecule has 1 aliphatic heterocycles. The predicted octanol–water partition coefficient (Wildman–Crippen LogP) is 2.56. The highest BCUT2D eigenvalue weighted by Gasteiger charge is 2.44. The molecule has 1 aromatic heterocycles. The van der Waals surface area contributed by atoms with Gasteiger partial charge in [0.25, 0.3) is 5.91 Å². The van der Waals surface area contributed by atoms with Crippen LogP contribution in [0, 0.1) is 6.92 Å². The Kier molecular flexibility index (Phi) is 6.31. The standard InChI is InChI=1S/C22H26N2O3S/c1-4-23(5-2)12-13-24-19(16-10-8-15(3)9-11-16)18(21(26)22(24)27)20(25)17-7-6-14-28-17/h6-11,14,19,26H,4-5,12-13H2,1-3H3/p+1/t19-/m0/s1. The van der Waals surface area contributed by atoms with Gasteiger partial charge in [0.2, 0.25) is 5.78 Å². The number of nitrogens with one attached hydrogen (secondary N) is 1. The number of thiophene rings is 1. The minimum Gasteiger partial charge on any atom is -0.503 e. The van der Waals surface area contributed by atoms with Gasteiger partial charge in [-0.2, -0.15) is 0 Å². The maximum absolute atomic E-state index is 13.1. The molecule has 0 bridgehead atoms. The van der Waals surface area contributed by atoms with E-state index in [0.29, 0.717) is 11.4 Å². The molecule has 5 nitrogen and oxygen atoms in total. The molecule has 148 valence electrons. The van der Waals surface area contributed by atoms with Gasteiger partial charge in [0.1, 0.15) is 0 Å². The molecule has 2 aromatic rings. The molecule has 28 heavy (non-hydrogen) atoms. The van der Waals surface area contributed by atoms with Gasteiger partial charge in [-0.3, -0.25) is 9.59 Å². The first-order valence-electron chi connectivity index (χ1n) is 9.70. The summed E-state index contributed by atoms with van der Waals surface area (Å²) in [7, 11) is 0. The molecule has 0 fully saturated rings. The number of likely N-dealkylation sites (N-methyl/N-ethyl adjacent to an activating group) is 1. The first kappa shape index (κ1) is 20.3. The van der Waals surface area contributed by atoms with E-state index in [1.54, 1.807) is 17.0 Å². The molecule has 0 saturated heterocycles.